The van der Waals surface area contributed by atoms with E-state index in [9.17, 15) is 9.59 Å². The second-order valence-electron chi connectivity index (χ2n) is 6.61. The van der Waals surface area contributed by atoms with Gasteiger partial charge in [0.2, 0.25) is 5.91 Å². The van der Waals surface area contributed by atoms with Crippen LogP contribution in [0, 0.1) is 5.92 Å². The van der Waals surface area contributed by atoms with Crippen LogP contribution in [0.25, 0.3) is 11.2 Å². The molecule has 146 valence electrons. The molecule has 0 saturated heterocycles. The second kappa shape index (κ2) is 9.29. The normalized spacial score (nSPS) is 11.1. The molecule has 1 amide bonds. The lowest BCUT2D eigenvalue weighted by Crippen LogP contribution is -2.26. The summed E-state index contributed by atoms with van der Waals surface area (Å²) in [5.74, 6) is 0.398. The SMILES string of the molecule is CC(C)CCn1c(SCC(=O)Nc2ccc(Br)cc2)nc2nccnc2c1=O. The third kappa shape index (κ3) is 5.17. The first-order valence-corrected chi connectivity index (χ1v) is 10.6. The number of rotatable bonds is 7. The van der Waals surface area contributed by atoms with Crippen LogP contribution in [0.5, 0.6) is 0 Å². The number of hydrogen-bond acceptors (Lipinski definition) is 6. The molecule has 3 rings (SSSR count). The fourth-order valence-electron chi connectivity index (χ4n) is 2.48. The van der Waals surface area contributed by atoms with Gasteiger partial charge in [-0.3, -0.25) is 14.2 Å². The maximum Gasteiger partial charge on any atom is 0.282 e. The number of hydrogen-bond donors (Lipinski definition) is 1. The first-order chi connectivity index (χ1) is 13.4. The Morgan fingerprint density at radius 3 is 2.64 bits per heavy atom. The van der Waals surface area contributed by atoms with Gasteiger partial charge in [-0.2, -0.15) is 0 Å². The van der Waals surface area contributed by atoms with Gasteiger partial charge < -0.3 is 5.32 Å². The predicted molar refractivity (Wildman–Crippen MR) is 115 cm³/mol. The van der Waals surface area contributed by atoms with Crippen LogP contribution in [0.4, 0.5) is 5.69 Å². The quantitative estimate of drug-likeness (QED) is 0.425. The van der Waals surface area contributed by atoms with Gasteiger partial charge in [-0.25, -0.2) is 15.0 Å². The summed E-state index contributed by atoms with van der Waals surface area (Å²) in [6.07, 6.45) is 3.81. The molecular weight excluding hydrogens is 442 g/mol. The van der Waals surface area contributed by atoms with E-state index in [0.717, 1.165) is 10.9 Å². The molecule has 0 saturated carbocycles. The fraction of sp³-hybridized carbons (Fsp3) is 0.316. The molecule has 0 aliphatic carbocycles. The second-order valence-corrected chi connectivity index (χ2v) is 8.46. The molecule has 0 aliphatic heterocycles. The third-order valence-corrected chi connectivity index (χ3v) is 5.45. The van der Waals surface area contributed by atoms with Crippen molar-refractivity contribution in [3.63, 3.8) is 0 Å². The molecule has 1 aromatic carbocycles. The number of benzene rings is 1. The number of thioether (sulfide) groups is 1. The van der Waals surface area contributed by atoms with Crippen LogP contribution in [-0.2, 0) is 11.3 Å². The third-order valence-electron chi connectivity index (χ3n) is 3.95. The summed E-state index contributed by atoms with van der Waals surface area (Å²) in [7, 11) is 0. The van der Waals surface area contributed by atoms with Crippen molar-refractivity contribution in [2.75, 3.05) is 11.1 Å². The molecule has 1 N–H and O–H groups in total. The molecule has 0 radical (unpaired) electrons. The van der Waals surface area contributed by atoms with E-state index in [4.69, 9.17) is 0 Å². The van der Waals surface area contributed by atoms with Crippen molar-refractivity contribution in [3.05, 3.63) is 51.5 Å². The Morgan fingerprint density at radius 2 is 1.93 bits per heavy atom. The number of nitrogens with one attached hydrogen (secondary N) is 1. The zero-order valence-corrected chi connectivity index (χ0v) is 18.0. The molecule has 0 spiro atoms. The summed E-state index contributed by atoms with van der Waals surface area (Å²) in [6.45, 7) is 4.71. The van der Waals surface area contributed by atoms with Crippen LogP contribution in [-0.4, -0.2) is 31.2 Å². The van der Waals surface area contributed by atoms with Gasteiger partial charge in [0.25, 0.3) is 5.56 Å². The first-order valence-electron chi connectivity index (χ1n) is 8.84. The van der Waals surface area contributed by atoms with Crippen molar-refractivity contribution < 1.29 is 4.79 Å². The Kier molecular flexibility index (Phi) is 6.79. The lowest BCUT2D eigenvalue weighted by atomic mass is 10.1. The minimum absolute atomic E-state index is 0.135. The highest BCUT2D eigenvalue weighted by atomic mass is 79.9. The fourth-order valence-corrected chi connectivity index (χ4v) is 3.56. The van der Waals surface area contributed by atoms with Gasteiger partial charge >= 0.3 is 0 Å². The van der Waals surface area contributed by atoms with Crippen LogP contribution >= 0.6 is 27.7 Å². The molecule has 0 fully saturated rings. The number of aromatic nitrogens is 4. The Morgan fingerprint density at radius 1 is 1.21 bits per heavy atom. The minimum atomic E-state index is -0.227. The first kappa shape index (κ1) is 20.5. The van der Waals surface area contributed by atoms with Gasteiger partial charge in [0.15, 0.2) is 16.3 Å². The molecule has 9 heteroatoms. The number of amides is 1. The van der Waals surface area contributed by atoms with Crippen molar-refractivity contribution in [3.8, 4) is 0 Å². The topological polar surface area (TPSA) is 89.8 Å². The summed E-state index contributed by atoms with van der Waals surface area (Å²) < 4.78 is 2.53. The molecular formula is C19H20BrN5O2S. The summed E-state index contributed by atoms with van der Waals surface area (Å²) in [4.78, 5) is 37.9. The zero-order valence-electron chi connectivity index (χ0n) is 15.6. The van der Waals surface area contributed by atoms with Crippen LogP contribution in [0.2, 0.25) is 0 Å². The molecule has 3 aromatic rings. The Labute approximate surface area is 175 Å². The van der Waals surface area contributed by atoms with Gasteiger partial charge in [0.05, 0.1) is 5.75 Å². The maximum atomic E-state index is 12.8. The Balaban J connectivity index is 1.80. The van der Waals surface area contributed by atoms with Crippen molar-refractivity contribution in [2.45, 2.75) is 32.0 Å². The highest BCUT2D eigenvalue weighted by Gasteiger charge is 2.15. The summed E-state index contributed by atoms with van der Waals surface area (Å²) in [5.41, 5.74) is 1.02. The average Bonchev–Trinajstić information content (AvgIpc) is 2.67. The molecule has 0 aliphatic rings. The summed E-state index contributed by atoms with van der Waals surface area (Å²) in [5, 5.41) is 3.31. The number of nitrogens with zero attached hydrogens (tertiary/aromatic N) is 4. The Bertz CT molecular complexity index is 1040. The van der Waals surface area contributed by atoms with Crippen molar-refractivity contribution >= 4 is 50.5 Å². The van der Waals surface area contributed by atoms with E-state index in [0.29, 0.717) is 29.0 Å². The van der Waals surface area contributed by atoms with Crippen molar-refractivity contribution in [2.24, 2.45) is 5.92 Å². The van der Waals surface area contributed by atoms with Gasteiger partial charge in [-0.05, 0) is 36.6 Å². The van der Waals surface area contributed by atoms with Gasteiger partial charge in [0, 0.05) is 29.1 Å². The number of carbonyl (C=O) groups is 1. The Hall–Kier alpha value is -2.26. The summed E-state index contributed by atoms with van der Waals surface area (Å²) >= 11 is 4.58. The van der Waals surface area contributed by atoms with Crippen LogP contribution < -0.4 is 10.9 Å². The molecule has 28 heavy (non-hydrogen) atoms. The molecule has 0 unspecified atom stereocenters. The van der Waals surface area contributed by atoms with Crippen molar-refractivity contribution in [1.82, 2.24) is 19.5 Å². The van der Waals surface area contributed by atoms with Gasteiger partial charge in [-0.1, -0.05) is 41.5 Å². The highest BCUT2D eigenvalue weighted by Crippen LogP contribution is 2.19. The summed E-state index contributed by atoms with van der Waals surface area (Å²) in [6, 6.07) is 7.34. The zero-order chi connectivity index (χ0) is 20.1. The molecule has 0 bridgehead atoms. The van der Waals surface area contributed by atoms with E-state index in [1.165, 1.54) is 24.2 Å². The molecule has 2 heterocycles. The molecule has 2 aromatic heterocycles. The van der Waals surface area contributed by atoms with E-state index < -0.39 is 0 Å². The minimum Gasteiger partial charge on any atom is -0.325 e. The number of fused-ring (bicyclic) bond motifs is 1. The standard InChI is InChI=1S/C19H20BrN5O2S/c1-12(2)7-10-25-18(27)16-17(22-9-8-21-16)24-19(25)28-11-15(26)23-14-5-3-13(20)4-6-14/h3-6,8-9,12H,7,10-11H2,1-2H3,(H,23,26). The number of anilines is 1. The van der Waals surface area contributed by atoms with Crippen molar-refractivity contribution in [1.29, 1.82) is 0 Å². The smallest absolute Gasteiger partial charge is 0.282 e. The van der Waals surface area contributed by atoms with Crippen LogP contribution in [0.1, 0.15) is 20.3 Å². The van der Waals surface area contributed by atoms with E-state index in [-0.39, 0.29) is 22.7 Å². The van der Waals surface area contributed by atoms with Gasteiger partial charge in [0.1, 0.15) is 0 Å². The van der Waals surface area contributed by atoms with Crippen LogP contribution in [0.15, 0.2) is 51.1 Å². The maximum absolute atomic E-state index is 12.8. The predicted octanol–water partition coefficient (Wildman–Crippen LogP) is 3.73. The molecule has 0 atom stereocenters. The average molecular weight is 462 g/mol. The molecule has 7 nitrogen and oxygen atoms in total. The van der Waals surface area contributed by atoms with Crippen LogP contribution in [0.3, 0.4) is 0 Å². The largest absolute Gasteiger partial charge is 0.325 e. The van der Waals surface area contributed by atoms with E-state index in [2.05, 4.69) is 50.0 Å². The van der Waals surface area contributed by atoms with E-state index in [1.807, 2.05) is 24.3 Å². The van der Waals surface area contributed by atoms with E-state index in [1.54, 1.807) is 4.57 Å². The lowest BCUT2D eigenvalue weighted by Gasteiger charge is -2.13. The monoisotopic (exact) mass is 461 g/mol. The number of halogens is 1. The van der Waals surface area contributed by atoms with Gasteiger partial charge in [-0.15, -0.1) is 0 Å². The van der Waals surface area contributed by atoms with E-state index >= 15 is 0 Å². The lowest BCUT2D eigenvalue weighted by molar-refractivity contribution is -0.113. The number of carbonyl (C=O) groups excluding carboxylic acids is 1. The highest BCUT2D eigenvalue weighted by molar-refractivity contribution is 9.10.